The maximum Gasteiger partial charge on any atom is 0.243 e. The molecule has 0 radical (unpaired) electrons. The molecule has 0 bridgehead atoms. The van der Waals surface area contributed by atoms with Gasteiger partial charge in [0.2, 0.25) is 47.3 Å². The summed E-state index contributed by atoms with van der Waals surface area (Å²) < 4.78 is 0. The number of rotatable bonds is 15. The fourth-order valence-electron chi connectivity index (χ4n) is 7.65. The minimum Gasteiger partial charge on any atom is -0.370 e. The van der Waals surface area contributed by atoms with Crippen molar-refractivity contribution in [2.75, 3.05) is 13.1 Å². The van der Waals surface area contributed by atoms with E-state index in [1.807, 2.05) is 24.3 Å². The highest BCUT2D eigenvalue weighted by Gasteiger charge is 2.36. The minimum absolute atomic E-state index is 0.00919. The van der Waals surface area contributed by atoms with E-state index in [4.69, 9.17) is 17.2 Å². The Balaban J connectivity index is 1.32. The number of nitrogens with zero attached hydrogens (tertiary/aromatic N) is 2. The number of nitrogens with two attached hydrogens (primary N) is 3. The third kappa shape index (κ3) is 14.6. The van der Waals surface area contributed by atoms with Gasteiger partial charge in [0.25, 0.3) is 0 Å². The number of para-hydroxylation sites is 1. The zero-order chi connectivity index (χ0) is 47.9. The van der Waals surface area contributed by atoms with Crippen LogP contribution in [0.25, 0.3) is 10.9 Å². The Bertz CT molecular complexity index is 2410. The van der Waals surface area contributed by atoms with Crippen molar-refractivity contribution in [1.29, 1.82) is 0 Å². The fourth-order valence-corrected chi connectivity index (χ4v) is 7.65. The van der Waals surface area contributed by atoms with Crippen molar-refractivity contribution in [2.24, 2.45) is 28.1 Å². The number of aromatic nitrogens is 3. The average Bonchev–Trinajstić information content (AvgIpc) is 3.89. The highest BCUT2D eigenvalue weighted by Crippen LogP contribution is 2.29. The average molecular weight is 923 g/mol. The summed E-state index contributed by atoms with van der Waals surface area (Å²) in [5, 5.41) is 19.8. The summed E-state index contributed by atoms with van der Waals surface area (Å²) in [5.74, 6) is -6.15. The van der Waals surface area contributed by atoms with Gasteiger partial charge in [-0.25, -0.2) is 4.98 Å². The van der Waals surface area contributed by atoms with Gasteiger partial charge in [0.15, 0.2) is 5.96 Å². The van der Waals surface area contributed by atoms with E-state index < -0.39 is 77.6 Å². The van der Waals surface area contributed by atoms with Crippen molar-refractivity contribution < 1.29 is 38.4 Å². The van der Waals surface area contributed by atoms with Crippen LogP contribution < -0.4 is 54.4 Å². The minimum atomic E-state index is -1.39. The Morgan fingerprint density at radius 2 is 1.45 bits per heavy atom. The number of nitrogens with one attached hydrogen (secondary N) is 9. The van der Waals surface area contributed by atoms with Gasteiger partial charge in [0, 0.05) is 73.7 Å². The Morgan fingerprint density at radius 3 is 2.15 bits per heavy atom. The first-order chi connectivity index (χ1) is 32.2. The number of H-pyrrole nitrogens is 2. The molecule has 356 valence electrons. The SMILES string of the molecule is NC(=O)C(Cc1c[nH]c2ccccc12)NC(=O)C1CCNC(=O)CCC(NC(=O)C2CC2)C(=O)NC(Cc2cnc[nH]2)C(=O)NC(Cc2ccccc2)C(=O)NC(CCCN=C(N)N)C(=O)N1. The molecule has 1 saturated carbocycles. The van der Waals surface area contributed by atoms with E-state index in [2.05, 4.69) is 57.2 Å². The monoisotopic (exact) mass is 922 g/mol. The van der Waals surface area contributed by atoms with Gasteiger partial charge in [-0.1, -0.05) is 48.5 Å². The summed E-state index contributed by atoms with van der Waals surface area (Å²) in [5.41, 5.74) is 19.5. The standard InChI is InChI=1S/C45H58N14O8/c46-38(61)34(20-27-22-52-30-10-5-4-9-29(27)30)57-42(65)33-16-18-50-37(60)15-14-32(54-39(62)26-12-13-26)41(64)59-36(21-28-23-49-24-53-28)44(67)58-35(19-25-7-2-1-3-8-25)43(66)55-31(40(63)56-33)11-6-17-51-45(47)48/h1-5,7-10,22-24,26,31-36,52H,6,11-21H2,(H2,46,61)(H,49,53)(H,50,60)(H,54,62)(H,55,66)(H,56,63)(H,57,65)(H,58,67)(H,59,64)(H4,47,48,51). The summed E-state index contributed by atoms with van der Waals surface area (Å²) in [6.07, 6.45) is 5.25. The summed E-state index contributed by atoms with van der Waals surface area (Å²) in [4.78, 5) is 124. The molecule has 2 fully saturated rings. The van der Waals surface area contributed by atoms with Crippen LogP contribution in [0.15, 0.2) is 78.3 Å². The highest BCUT2D eigenvalue weighted by atomic mass is 16.2. The molecule has 6 rings (SSSR count). The summed E-state index contributed by atoms with van der Waals surface area (Å²) >= 11 is 0. The molecule has 0 spiro atoms. The van der Waals surface area contributed by atoms with Crippen LogP contribution in [0.5, 0.6) is 0 Å². The first-order valence-corrected chi connectivity index (χ1v) is 22.2. The number of guanidine groups is 1. The molecule has 2 aromatic heterocycles. The maximum atomic E-state index is 14.4. The predicted molar refractivity (Wildman–Crippen MR) is 245 cm³/mol. The lowest BCUT2D eigenvalue weighted by atomic mass is 10.0. The molecule has 6 atom stereocenters. The van der Waals surface area contributed by atoms with Crippen LogP contribution in [0.4, 0.5) is 0 Å². The number of aliphatic imine (C=N–C) groups is 1. The third-order valence-electron chi connectivity index (χ3n) is 11.5. The molecular weight excluding hydrogens is 865 g/mol. The Kier molecular flexibility index (Phi) is 17.0. The van der Waals surface area contributed by atoms with Gasteiger partial charge in [-0.15, -0.1) is 0 Å². The second-order valence-electron chi connectivity index (χ2n) is 16.7. The summed E-state index contributed by atoms with van der Waals surface area (Å²) in [7, 11) is 0. The number of hydrogen-bond acceptors (Lipinski definition) is 10. The maximum absolute atomic E-state index is 14.4. The number of imidazole rings is 1. The van der Waals surface area contributed by atoms with Crippen LogP contribution in [0.3, 0.4) is 0 Å². The van der Waals surface area contributed by atoms with Crippen LogP contribution in [-0.2, 0) is 57.6 Å². The number of fused-ring (bicyclic) bond motifs is 1. The molecule has 1 saturated heterocycles. The summed E-state index contributed by atoms with van der Waals surface area (Å²) in [6, 6.07) is 8.35. The van der Waals surface area contributed by atoms with Crippen LogP contribution in [0, 0.1) is 5.92 Å². The van der Waals surface area contributed by atoms with E-state index in [0.717, 1.165) is 10.9 Å². The number of amides is 8. The van der Waals surface area contributed by atoms with Crippen molar-refractivity contribution in [2.45, 2.75) is 100 Å². The van der Waals surface area contributed by atoms with Gasteiger partial charge in [-0.2, -0.15) is 0 Å². The number of primary amides is 1. The molecule has 15 N–H and O–H groups in total. The molecule has 4 aromatic rings. The smallest absolute Gasteiger partial charge is 0.243 e. The highest BCUT2D eigenvalue weighted by molar-refractivity contribution is 5.98. The second kappa shape index (κ2) is 23.4. The van der Waals surface area contributed by atoms with E-state index >= 15 is 0 Å². The van der Waals surface area contributed by atoms with E-state index in [1.165, 1.54) is 12.5 Å². The van der Waals surface area contributed by atoms with Crippen LogP contribution in [0.2, 0.25) is 0 Å². The van der Waals surface area contributed by atoms with E-state index in [0.29, 0.717) is 29.7 Å². The van der Waals surface area contributed by atoms with Crippen molar-refractivity contribution in [3.05, 3.63) is 90.1 Å². The van der Waals surface area contributed by atoms with Gasteiger partial charge in [0.05, 0.1) is 6.33 Å². The zero-order valence-corrected chi connectivity index (χ0v) is 36.8. The normalized spacial score (nSPS) is 21.7. The molecule has 1 aliphatic carbocycles. The Labute approximate surface area is 385 Å². The van der Waals surface area contributed by atoms with Gasteiger partial charge in [-0.05, 0) is 55.7 Å². The first kappa shape index (κ1) is 48.7. The predicted octanol–water partition coefficient (Wildman–Crippen LogP) is -1.92. The summed E-state index contributed by atoms with van der Waals surface area (Å²) in [6.45, 7) is -0.0924. The molecule has 3 heterocycles. The van der Waals surface area contributed by atoms with Crippen molar-refractivity contribution in [3.8, 4) is 0 Å². The molecule has 22 nitrogen and oxygen atoms in total. The van der Waals surface area contributed by atoms with Crippen molar-refractivity contribution in [3.63, 3.8) is 0 Å². The van der Waals surface area contributed by atoms with Crippen LogP contribution in [-0.4, -0.2) is 118 Å². The quantitative estimate of drug-likeness (QED) is 0.0354. The topological polar surface area (TPSA) is 356 Å². The Hall–Kier alpha value is -7.78. The van der Waals surface area contributed by atoms with E-state index in [9.17, 15) is 38.4 Å². The Morgan fingerprint density at radius 1 is 0.761 bits per heavy atom. The molecule has 22 heteroatoms. The van der Waals surface area contributed by atoms with Crippen LogP contribution in [0.1, 0.15) is 61.8 Å². The van der Waals surface area contributed by atoms with E-state index in [1.54, 1.807) is 36.5 Å². The first-order valence-electron chi connectivity index (χ1n) is 22.2. The fraction of sp³-hybridized carbons (Fsp3) is 0.422. The van der Waals surface area contributed by atoms with Gasteiger partial charge in [0.1, 0.15) is 36.3 Å². The van der Waals surface area contributed by atoms with Crippen molar-refractivity contribution >= 4 is 64.1 Å². The lowest BCUT2D eigenvalue weighted by Crippen LogP contribution is -2.60. The molecule has 6 unspecified atom stereocenters. The van der Waals surface area contributed by atoms with Gasteiger partial charge >= 0.3 is 0 Å². The molecular formula is C45H58N14O8. The van der Waals surface area contributed by atoms with Gasteiger partial charge < -0.3 is 64.4 Å². The zero-order valence-electron chi connectivity index (χ0n) is 36.8. The number of hydrogen-bond donors (Lipinski definition) is 12. The number of carbonyl (C=O) groups is 8. The number of carbonyl (C=O) groups excluding carboxylic acids is 8. The van der Waals surface area contributed by atoms with E-state index in [-0.39, 0.29) is 82.2 Å². The molecule has 2 aromatic carbocycles. The second-order valence-corrected chi connectivity index (χ2v) is 16.7. The van der Waals surface area contributed by atoms with Gasteiger partial charge in [-0.3, -0.25) is 43.3 Å². The largest absolute Gasteiger partial charge is 0.370 e. The van der Waals surface area contributed by atoms with Crippen LogP contribution >= 0.6 is 0 Å². The van der Waals surface area contributed by atoms with Crippen molar-refractivity contribution in [1.82, 2.24) is 52.2 Å². The lowest BCUT2D eigenvalue weighted by Gasteiger charge is -2.27. The molecule has 67 heavy (non-hydrogen) atoms. The number of benzene rings is 2. The molecule has 1 aliphatic heterocycles. The molecule has 2 aliphatic rings. The third-order valence-corrected chi connectivity index (χ3v) is 11.5. The number of aromatic amines is 2. The molecule has 8 amide bonds. The lowest BCUT2D eigenvalue weighted by molar-refractivity contribution is -0.135.